The van der Waals surface area contributed by atoms with Crippen molar-refractivity contribution < 1.29 is 4.58 Å². The molecule has 1 aliphatic carbocycles. The van der Waals surface area contributed by atoms with Gasteiger partial charge in [-0.1, -0.05) is 76.8 Å². The van der Waals surface area contributed by atoms with E-state index in [2.05, 4.69) is 95.6 Å². The van der Waals surface area contributed by atoms with Gasteiger partial charge in [0.15, 0.2) is 0 Å². The molecular formula is C34H51N2+. The maximum absolute atomic E-state index is 4.04. The predicted molar refractivity (Wildman–Crippen MR) is 157 cm³/mol. The van der Waals surface area contributed by atoms with Gasteiger partial charge >= 0.3 is 0 Å². The van der Waals surface area contributed by atoms with Gasteiger partial charge in [-0.2, -0.15) is 0 Å². The summed E-state index contributed by atoms with van der Waals surface area (Å²) in [4.78, 5) is 0. The highest BCUT2D eigenvalue weighted by Gasteiger charge is 2.48. The minimum absolute atomic E-state index is 0.190. The van der Waals surface area contributed by atoms with Gasteiger partial charge in [0.25, 0.3) is 5.84 Å². The number of anilines is 1. The molecule has 0 spiro atoms. The summed E-state index contributed by atoms with van der Waals surface area (Å²) in [6.45, 7) is 19.8. The number of hydrogen-bond acceptors (Lipinski definition) is 1. The van der Waals surface area contributed by atoms with Crippen molar-refractivity contribution in [1.82, 2.24) is 0 Å². The fourth-order valence-corrected chi connectivity index (χ4v) is 7.92. The maximum Gasteiger partial charge on any atom is 0.282 e. The molecule has 196 valence electrons. The Labute approximate surface area is 221 Å². The van der Waals surface area contributed by atoms with E-state index in [-0.39, 0.29) is 5.41 Å². The molecule has 0 aromatic heterocycles. The lowest BCUT2D eigenvalue weighted by Crippen LogP contribution is -2.53. The molecule has 0 bridgehead atoms. The van der Waals surface area contributed by atoms with Crippen molar-refractivity contribution in [2.75, 3.05) is 11.9 Å². The van der Waals surface area contributed by atoms with E-state index in [9.17, 15) is 0 Å². The van der Waals surface area contributed by atoms with E-state index in [1.54, 1.807) is 5.56 Å². The molecule has 4 rings (SSSR count). The van der Waals surface area contributed by atoms with E-state index in [0.717, 1.165) is 13.0 Å². The number of aryl methyl sites for hydroxylation is 3. The van der Waals surface area contributed by atoms with Gasteiger partial charge in [0, 0.05) is 5.41 Å². The molecule has 36 heavy (non-hydrogen) atoms. The Hall–Kier alpha value is -2.09. The minimum atomic E-state index is 0.190. The summed E-state index contributed by atoms with van der Waals surface area (Å²) in [5.41, 5.74) is 10.4. The van der Waals surface area contributed by atoms with Gasteiger partial charge in [0.1, 0.15) is 11.7 Å². The highest BCUT2D eigenvalue weighted by atomic mass is 15.2. The summed E-state index contributed by atoms with van der Waals surface area (Å²) in [6, 6.07) is 12.7. The average Bonchev–Trinajstić information content (AvgIpc) is 2.85. The van der Waals surface area contributed by atoms with Crippen LogP contribution < -0.4 is 5.32 Å². The topological polar surface area (TPSA) is 15.0 Å². The second kappa shape index (κ2) is 10.7. The van der Waals surface area contributed by atoms with Crippen molar-refractivity contribution in [3.8, 4) is 0 Å². The molecule has 1 N–H and O–H groups in total. The Bertz CT molecular complexity index is 1090. The van der Waals surface area contributed by atoms with Crippen LogP contribution in [0.5, 0.6) is 0 Å². The Balaban J connectivity index is 1.90. The largest absolute Gasteiger partial charge is 0.282 e. The van der Waals surface area contributed by atoms with Crippen LogP contribution in [-0.2, 0) is 11.8 Å². The lowest BCUT2D eigenvalue weighted by atomic mass is 9.65. The first-order valence-electron chi connectivity index (χ1n) is 14.8. The quantitative estimate of drug-likeness (QED) is 0.385. The molecule has 0 saturated heterocycles. The first-order valence-corrected chi connectivity index (χ1v) is 14.8. The predicted octanol–water partition coefficient (Wildman–Crippen LogP) is 8.87. The number of nitrogens with one attached hydrogen (secondary N) is 1. The number of rotatable bonds is 7. The molecule has 1 unspecified atom stereocenters. The van der Waals surface area contributed by atoms with Gasteiger partial charge in [-0.15, -0.1) is 0 Å². The number of benzene rings is 2. The van der Waals surface area contributed by atoms with Crippen LogP contribution in [0.4, 0.5) is 5.69 Å². The Kier molecular flexibility index (Phi) is 8.03. The second-order valence-corrected chi connectivity index (χ2v) is 12.2. The summed E-state index contributed by atoms with van der Waals surface area (Å²) < 4.78 is 2.71. The monoisotopic (exact) mass is 487 g/mol. The van der Waals surface area contributed by atoms with E-state index in [4.69, 9.17) is 0 Å². The van der Waals surface area contributed by atoms with Gasteiger partial charge < -0.3 is 0 Å². The van der Waals surface area contributed by atoms with Crippen molar-refractivity contribution in [2.45, 2.75) is 125 Å². The molecule has 2 nitrogen and oxygen atoms in total. The Morgan fingerprint density at radius 3 is 2.08 bits per heavy atom. The van der Waals surface area contributed by atoms with Gasteiger partial charge in [-0.25, -0.2) is 5.32 Å². The van der Waals surface area contributed by atoms with Crippen molar-refractivity contribution in [1.29, 1.82) is 0 Å². The number of likely N-dealkylation sites (N-methyl/N-ethyl adjacent to an activating group) is 1. The normalized spacial score (nSPS) is 20.8. The average molecular weight is 488 g/mol. The fraction of sp³-hybridized carbons (Fsp3) is 0.618. The van der Waals surface area contributed by atoms with Gasteiger partial charge in [-0.3, -0.25) is 4.58 Å². The van der Waals surface area contributed by atoms with Crippen LogP contribution in [0.1, 0.15) is 119 Å². The molecule has 1 atom stereocenters. The third-order valence-electron chi connectivity index (χ3n) is 9.78. The molecule has 0 radical (unpaired) electrons. The molecule has 1 fully saturated rings. The SMILES string of the molecule is CCC1[N+](CC)=C(Nc2c(C)cc(C)cc2C)c2cc(CC3(C)CCCCC3)ccc2C1(CC)CC. The molecule has 2 aromatic rings. The van der Waals surface area contributed by atoms with E-state index in [1.165, 1.54) is 90.7 Å². The van der Waals surface area contributed by atoms with Crippen LogP contribution >= 0.6 is 0 Å². The van der Waals surface area contributed by atoms with Crippen molar-refractivity contribution in [3.63, 3.8) is 0 Å². The van der Waals surface area contributed by atoms with Crippen LogP contribution in [0.2, 0.25) is 0 Å². The highest BCUT2D eigenvalue weighted by Crippen LogP contribution is 2.45. The summed E-state index contributed by atoms with van der Waals surface area (Å²) >= 11 is 0. The van der Waals surface area contributed by atoms with Gasteiger partial charge in [0.05, 0.1) is 12.1 Å². The Morgan fingerprint density at radius 2 is 1.53 bits per heavy atom. The molecule has 1 heterocycles. The molecule has 2 heteroatoms. The van der Waals surface area contributed by atoms with Gasteiger partial charge in [0.2, 0.25) is 0 Å². The van der Waals surface area contributed by atoms with E-state index >= 15 is 0 Å². The number of fused-ring (bicyclic) bond motifs is 1. The summed E-state index contributed by atoms with van der Waals surface area (Å²) in [5, 5.41) is 4.04. The van der Waals surface area contributed by atoms with Crippen molar-refractivity contribution >= 4 is 11.5 Å². The first kappa shape index (κ1) is 27.0. The third kappa shape index (κ3) is 4.77. The lowest BCUT2D eigenvalue weighted by Gasteiger charge is -2.44. The van der Waals surface area contributed by atoms with Crippen LogP contribution in [0.25, 0.3) is 0 Å². The van der Waals surface area contributed by atoms with Crippen molar-refractivity contribution in [2.24, 2.45) is 5.41 Å². The van der Waals surface area contributed by atoms with Crippen LogP contribution in [0, 0.1) is 26.2 Å². The molecule has 1 saturated carbocycles. The molecule has 1 aliphatic heterocycles. The zero-order chi connectivity index (χ0) is 26.1. The lowest BCUT2D eigenvalue weighted by molar-refractivity contribution is -0.577. The number of amidine groups is 1. The molecule has 2 aliphatic rings. The third-order valence-corrected chi connectivity index (χ3v) is 9.78. The highest BCUT2D eigenvalue weighted by molar-refractivity contribution is 6.07. The first-order chi connectivity index (χ1) is 17.2. The Morgan fingerprint density at radius 1 is 0.889 bits per heavy atom. The number of hydrogen-bond donors (Lipinski definition) is 1. The summed E-state index contributed by atoms with van der Waals surface area (Å²) in [6.07, 6.45) is 11.6. The van der Waals surface area contributed by atoms with E-state index in [0.29, 0.717) is 11.5 Å². The maximum atomic E-state index is 4.04. The number of nitrogens with zero attached hydrogens (tertiary/aromatic N) is 1. The van der Waals surface area contributed by atoms with E-state index < -0.39 is 0 Å². The van der Waals surface area contributed by atoms with Crippen LogP contribution in [0.15, 0.2) is 30.3 Å². The summed E-state index contributed by atoms with van der Waals surface area (Å²) in [5.74, 6) is 1.32. The smallest absolute Gasteiger partial charge is 0.258 e. The van der Waals surface area contributed by atoms with Crippen molar-refractivity contribution in [3.05, 3.63) is 63.7 Å². The zero-order valence-corrected chi connectivity index (χ0v) is 24.5. The molecule has 2 aromatic carbocycles. The molecule has 0 amide bonds. The fourth-order valence-electron chi connectivity index (χ4n) is 7.92. The van der Waals surface area contributed by atoms with Crippen LogP contribution in [-0.4, -0.2) is 23.0 Å². The minimum Gasteiger partial charge on any atom is -0.258 e. The summed E-state index contributed by atoms with van der Waals surface area (Å²) in [7, 11) is 0. The van der Waals surface area contributed by atoms with Gasteiger partial charge in [-0.05, 0) is 100.0 Å². The standard InChI is InChI=1S/C34H50N2/c1-9-30-34(10-2,11-3)29-17-16-27(23-33(8)18-14-13-15-19-33)22-28(29)32(36(30)12-4)35-31-25(6)20-24(5)21-26(31)7/h16-17,20-22,30H,9-15,18-19,23H2,1-8H3/p+1. The second-order valence-electron chi connectivity index (χ2n) is 12.2. The van der Waals surface area contributed by atoms with Crippen LogP contribution in [0.3, 0.4) is 0 Å². The molecular weight excluding hydrogens is 436 g/mol. The van der Waals surface area contributed by atoms with E-state index in [1.807, 2.05) is 0 Å². The zero-order valence-electron chi connectivity index (χ0n) is 24.5.